The van der Waals surface area contributed by atoms with Crippen LogP contribution in [0.15, 0.2) is 145 Å². The van der Waals surface area contributed by atoms with Crippen molar-refractivity contribution in [1.29, 1.82) is 0 Å². The Hall–Kier alpha value is -5.29. The minimum atomic E-state index is -0.320. The van der Waals surface area contributed by atoms with Crippen molar-refractivity contribution in [2.45, 2.75) is 38.0 Å². The molecule has 0 bridgehead atoms. The van der Waals surface area contributed by atoms with Crippen LogP contribution in [0, 0.1) is 0 Å². The van der Waals surface area contributed by atoms with E-state index in [4.69, 9.17) is 9.47 Å². The largest absolute Gasteiger partial charge is 0.489 e. The summed E-state index contributed by atoms with van der Waals surface area (Å²) in [7, 11) is 0. The first-order valence-corrected chi connectivity index (χ1v) is 15.1. The number of ether oxygens (including phenoxy) is 2. The third kappa shape index (κ3) is 5.95. The first-order chi connectivity index (χ1) is 21.7. The topological polar surface area (TPSA) is 59.6 Å². The molecular weight excluding hydrogens is 544 g/mol. The zero-order valence-corrected chi connectivity index (χ0v) is 24.4. The average Bonchev–Trinajstić information content (AvgIpc) is 3.25. The Kier molecular flexibility index (Phi) is 7.84. The van der Waals surface area contributed by atoms with Crippen LogP contribution in [-0.2, 0) is 18.0 Å². The Balaban J connectivity index is 1.20. The van der Waals surface area contributed by atoms with E-state index in [0.29, 0.717) is 26.1 Å². The van der Waals surface area contributed by atoms with Gasteiger partial charge in [0, 0.05) is 23.6 Å². The van der Waals surface area contributed by atoms with Gasteiger partial charge < -0.3 is 20.1 Å². The number of benzene rings is 5. The van der Waals surface area contributed by atoms with E-state index in [1.54, 1.807) is 0 Å². The lowest BCUT2D eigenvalue weighted by Crippen LogP contribution is -2.27. The number of para-hydroxylation sites is 3. The summed E-state index contributed by atoms with van der Waals surface area (Å²) in [6.45, 7) is 0.958. The number of carbonyl (C=O) groups is 1. The third-order valence-electron chi connectivity index (χ3n) is 8.34. The first kappa shape index (κ1) is 27.5. The Bertz CT molecular complexity index is 1800. The number of nitrogens with one attached hydrogen (secondary N) is 2. The number of hydrogen-bond acceptors (Lipinski definition) is 5. The molecule has 0 spiro atoms. The second kappa shape index (κ2) is 12.5. The van der Waals surface area contributed by atoms with Crippen LogP contribution in [0.2, 0.25) is 0 Å². The van der Waals surface area contributed by atoms with Crippen LogP contribution in [0.1, 0.15) is 47.1 Å². The molecule has 44 heavy (non-hydrogen) atoms. The van der Waals surface area contributed by atoms with Gasteiger partial charge >= 0.3 is 0 Å². The summed E-state index contributed by atoms with van der Waals surface area (Å²) >= 11 is 0. The molecule has 2 aliphatic rings. The smallest absolute Gasteiger partial charge is 0.163 e. The number of hydrogen-bond donors (Lipinski definition) is 2. The number of fused-ring (bicyclic) bond motifs is 1. The Labute approximate surface area is 258 Å². The van der Waals surface area contributed by atoms with Gasteiger partial charge in [0.05, 0.1) is 17.4 Å². The number of carbonyl (C=O) groups excluding carboxylic acids is 1. The van der Waals surface area contributed by atoms with Crippen LogP contribution in [0.4, 0.5) is 11.4 Å². The van der Waals surface area contributed by atoms with Gasteiger partial charge in [0.15, 0.2) is 5.78 Å². The zero-order chi connectivity index (χ0) is 29.7. The summed E-state index contributed by atoms with van der Waals surface area (Å²) in [4.78, 5) is 14.2. The maximum atomic E-state index is 14.2. The Morgan fingerprint density at radius 3 is 2.07 bits per heavy atom. The molecule has 5 heteroatoms. The molecule has 0 fully saturated rings. The molecule has 218 valence electrons. The molecule has 0 saturated carbocycles. The van der Waals surface area contributed by atoms with Gasteiger partial charge in [-0.25, -0.2) is 0 Å². The van der Waals surface area contributed by atoms with Crippen molar-refractivity contribution in [3.05, 3.63) is 167 Å². The van der Waals surface area contributed by atoms with Crippen molar-refractivity contribution in [3.63, 3.8) is 0 Å². The Morgan fingerprint density at radius 2 is 1.30 bits per heavy atom. The highest BCUT2D eigenvalue weighted by atomic mass is 16.5. The van der Waals surface area contributed by atoms with E-state index < -0.39 is 0 Å². The number of Topliss-reactive ketones (excluding diaryl/α,β-unsaturated/α-hetero) is 1. The van der Waals surface area contributed by atoms with Crippen LogP contribution in [-0.4, -0.2) is 5.78 Å². The fourth-order valence-corrected chi connectivity index (χ4v) is 6.17. The van der Waals surface area contributed by atoms with E-state index >= 15 is 0 Å². The molecule has 7 rings (SSSR count). The van der Waals surface area contributed by atoms with Crippen LogP contribution in [0.5, 0.6) is 11.5 Å². The fraction of sp³-hybridized carbons (Fsp3) is 0.154. The third-order valence-corrected chi connectivity index (χ3v) is 8.34. The molecule has 0 saturated heterocycles. The first-order valence-electron chi connectivity index (χ1n) is 15.1. The number of ketones is 1. The summed E-state index contributed by atoms with van der Waals surface area (Å²) in [5.74, 6) is 1.71. The molecular formula is C39H34N2O3. The maximum Gasteiger partial charge on any atom is 0.163 e. The lowest BCUT2D eigenvalue weighted by molar-refractivity contribution is -0.116. The van der Waals surface area contributed by atoms with Crippen LogP contribution in [0.3, 0.4) is 0 Å². The van der Waals surface area contributed by atoms with Crippen LogP contribution in [0.25, 0.3) is 0 Å². The van der Waals surface area contributed by atoms with Gasteiger partial charge in [0.2, 0.25) is 0 Å². The van der Waals surface area contributed by atoms with E-state index in [9.17, 15) is 4.79 Å². The van der Waals surface area contributed by atoms with E-state index in [2.05, 4.69) is 59.2 Å². The molecule has 5 aromatic rings. The molecule has 1 heterocycles. The molecule has 5 nitrogen and oxygen atoms in total. The molecule has 0 radical (unpaired) electrons. The molecule has 2 unspecified atom stereocenters. The van der Waals surface area contributed by atoms with Crippen molar-refractivity contribution >= 4 is 17.2 Å². The molecule has 1 aliphatic heterocycles. The molecule has 5 aromatic carbocycles. The minimum Gasteiger partial charge on any atom is -0.489 e. The highest BCUT2D eigenvalue weighted by molar-refractivity contribution is 6.01. The second-order valence-electron chi connectivity index (χ2n) is 11.3. The maximum absolute atomic E-state index is 14.2. The molecule has 0 amide bonds. The number of allylic oxidation sites excluding steroid dienone is 1. The van der Waals surface area contributed by atoms with Crippen molar-refractivity contribution in [2.24, 2.45) is 0 Å². The monoisotopic (exact) mass is 578 g/mol. The minimum absolute atomic E-state index is 0.00724. The normalized spacial score (nSPS) is 17.4. The van der Waals surface area contributed by atoms with Crippen LogP contribution < -0.4 is 20.1 Å². The summed E-state index contributed by atoms with van der Waals surface area (Å²) in [5, 5.41) is 7.34. The highest BCUT2D eigenvalue weighted by Gasteiger charge is 2.37. The zero-order valence-electron chi connectivity index (χ0n) is 24.4. The van der Waals surface area contributed by atoms with Crippen molar-refractivity contribution < 1.29 is 14.3 Å². The van der Waals surface area contributed by atoms with Crippen molar-refractivity contribution in [3.8, 4) is 11.5 Å². The second-order valence-corrected chi connectivity index (χ2v) is 11.3. The van der Waals surface area contributed by atoms with E-state index in [1.807, 2.05) is 84.9 Å². The van der Waals surface area contributed by atoms with Crippen molar-refractivity contribution in [2.75, 3.05) is 10.6 Å². The highest BCUT2D eigenvalue weighted by Crippen LogP contribution is 2.46. The van der Waals surface area contributed by atoms with Gasteiger partial charge in [-0.1, -0.05) is 103 Å². The van der Waals surface area contributed by atoms with Gasteiger partial charge in [-0.3, -0.25) is 4.79 Å². The quantitative estimate of drug-likeness (QED) is 0.193. The van der Waals surface area contributed by atoms with Crippen LogP contribution >= 0.6 is 0 Å². The molecule has 1 aliphatic carbocycles. The van der Waals surface area contributed by atoms with Crippen molar-refractivity contribution in [1.82, 2.24) is 0 Å². The molecule has 2 N–H and O–H groups in total. The van der Waals surface area contributed by atoms with Gasteiger partial charge in [-0.15, -0.1) is 0 Å². The summed E-state index contributed by atoms with van der Waals surface area (Å²) in [6, 6.07) is 44.3. The van der Waals surface area contributed by atoms with E-state index in [-0.39, 0.29) is 17.7 Å². The number of rotatable bonds is 8. The predicted octanol–water partition coefficient (Wildman–Crippen LogP) is 8.82. The summed E-state index contributed by atoms with van der Waals surface area (Å²) in [6.07, 6.45) is 1.11. The standard InChI is InChI=1S/C39H34N2O3/c42-36-24-30(32-18-7-10-21-37(32)44-26-28-14-5-2-6-15-28)23-35-38(36)39(41-34-20-9-8-19-33(34)40-35)29-16-11-17-31(22-29)43-25-27-12-3-1-4-13-27/h1-22,30,39-41H,23-26H2. The summed E-state index contributed by atoms with van der Waals surface area (Å²) < 4.78 is 12.5. The lowest BCUT2D eigenvalue weighted by Gasteiger charge is -2.30. The lowest BCUT2D eigenvalue weighted by atomic mass is 9.78. The molecule has 2 atom stereocenters. The van der Waals surface area contributed by atoms with E-state index in [0.717, 1.165) is 56.4 Å². The predicted molar refractivity (Wildman–Crippen MR) is 175 cm³/mol. The SMILES string of the molecule is O=C1CC(c2ccccc2OCc2ccccc2)CC2=C1C(c1cccc(OCc3ccccc3)c1)Nc1ccccc1N2. The van der Waals surface area contributed by atoms with Gasteiger partial charge in [-0.2, -0.15) is 0 Å². The fourth-order valence-electron chi connectivity index (χ4n) is 6.17. The average molecular weight is 579 g/mol. The Morgan fingerprint density at radius 1 is 0.636 bits per heavy atom. The van der Waals surface area contributed by atoms with Gasteiger partial charge in [0.1, 0.15) is 24.7 Å². The number of anilines is 2. The van der Waals surface area contributed by atoms with E-state index in [1.165, 1.54) is 0 Å². The van der Waals surface area contributed by atoms with Gasteiger partial charge in [0.25, 0.3) is 0 Å². The molecule has 0 aromatic heterocycles. The van der Waals surface area contributed by atoms with Gasteiger partial charge in [-0.05, 0) is 59.0 Å². The summed E-state index contributed by atoms with van der Waals surface area (Å²) in [5.41, 5.74) is 7.90.